The molecule has 1 amide bonds. The van der Waals surface area contributed by atoms with Crippen molar-refractivity contribution < 1.29 is 48.8 Å². The minimum absolute atomic E-state index is 0.0523. The van der Waals surface area contributed by atoms with E-state index in [-0.39, 0.29) is 54.4 Å². The number of aliphatic hydroxyl groups is 2. The summed E-state index contributed by atoms with van der Waals surface area (Å²) in [5, 5.41) is 40.6. The topological polar surface area (TPSA) is 196 Å². The van der Waals surface area contributed by atoms with Crippen molar-refractivity contribution in [2.45, 2.75) is 181 Å². The van der Waals surface area contributed by atoms with E-state index in [1.54, 1.807) is 32.5 Å². The van der Waals surface area contributed by atoms with Gasteiger partial charge in [-0.15, -0.1) is 0 Å². The molecule has 67 heavy (non-hydrogen) atoms. The highest BCUT2D eigenvalue weighted by Crippen LogP contribution is 2.35. The summed E-state index contributed by atoms with van der Waals surface area (Å²) in [5.74, 6) is -6.56. The van der Waals surface area contributed by atoms with Gasteiger partial charge in [-0.3, -0.25) is 19.2 Å². The van der Waals surface area contributed by atoms with Crippen LogP contribution in [0.5, 0.6) is 0 Å². The standard InChI is InChI=1S/C53H86N4O10/c1-12-57(55-54-9)44-28-27-43(35-47(44)66-10)33-38(4)26-29-46(58)40(6)32-39(5)34-48(67-11)49(59)41(7)31-37(3)23-17-13-15-21-36(2)22-16-14-18-24-42(8)53(64,65)50(60)51(61)56-30-20-19-25-45(56)52(62)63/h12-13,15,17,21,23,32,37-38,40-45,47-48,64-65H,1,14,16,18-20,22,24-31,33-35H2,2-11H3,(H,62,63)/b15-13+,23-17+,36-21+,39-32+,55-54?/t37-,38+,40-,41?,42?,43?,44?,45+,47?,48?/m1/s1. The molecule has 10 atom stereocenters. The maximum atomic E-state index is 13.5. The molecule has 14 nitrogen and oxygen atoms in total. The first kappa shape index (κ1) is 59.0. The number of hydrogen-bond donors (Lipinski definition) is 3. The van der Waals surface area contributed by atoms with Crippen LogP contribution in [-0.2, 0) is 33.4 Å². The second-order valence-electron chi connectivity index (χ2n) is 19.7. The molecule has 1 heterocycles. The Morgan fingerprint density at radius 3 is 2.27 bits per heavy atom. The van der Waals surface area contributed by atoms with Crippen LogP contribution < -0.4 is 0 Å². The summed E-state index contributed by atoms with van der Waals surface area (Å²) in [6.07, 6.45) is 24.6. The number of amides is 1. The number of carboxylic acids is 1. The first-order valence-corrected chi connectivity index (χ1v) is 24.7. The molecular weight excluding hydrogens is 853 g/mol. The second-order valence-corrected chi connectivity index (χ2v) is 19.7. The van der Waals surface area contributed by atoms with Crippen LogP contribution in [0, 0.1) is 35.5 Å². The Morgan fingerprint density at radius 2 is 1.63 bits per heavy atom. The summed E-state index contributed by atoms with van der Waals surface area (Å²) in [4.78, 5) is 64.8. The Morgan fingerprint density at radius 1 is 0.910 bits per heavy atom. The van der Waals surface area contributed by atoms with Gasteiger partial charge in [-0.1, -0.05) is 107 Å². The number of aliphatic carboxylic acids is 1. The number of Topliss-reactive ketones (excluding diaryl/α,β-unsaturated/α-hetero) is 3. The van der Waals surface area contributed by atoms with Crippen LogP contribution in [0.4, 0.5) is 0 Å². The highest BCUT2D eigenvalue weighted by Gasteiger charge is 2.47. The Bertz CT molecular complexity index is 1750. The van der Waals surface area contributed by atoms with Gasteiger partial charge >= 0.3 is 5.97 Å². The highest BCUT2D eigenvalue weighted by atomic mass is 16.5. The fourth-order valence-corrected chi connectivity index (χ4v) is 9.66. The molecular formula is C53H86N4O10. The van der Waals surface area contributed by atoms with E-state index in [1.807, 2.05) is 58.1 Å². The summed E-state index contributed by atoms with van der Waals surface area (Å²) < 4.78 is 11.5. The number of likely N-dealkylation sites (tertiary alicyclic amines) is 1. The van der Waals surface area contributed by atoms with E-state index in [1.165, 1.54) is 12.5 Å². The number of carboxylic acid groups (broad SMARTS) is 1. The van der Waals surface area contributed by atoms with E-state index in [0.717, 1.165) is 61.8 Å². The van der Waals surface area contributed by atoms with E-state index < -0.39 is 41.5 Å². The van der Waals surface area contributed by atoms with Crippen molar-refractivity contribution in [1.29, 1.82) is 0 Å². The normalized spacial score (nSPS) is 22.7. The fraction of sp³-hybridized carbons (Fsp3) is 0.717. The van der Waals surface area contributed by atoms with Gasteiger partial charge in [0.05, 0.1) is 19.2 Å². The molecule has 0 spiro atoms. The highest BCUT2D eigenvalue weighted by molar-refractivity contribution is 6.39. The Labute approximate surface area is 402 Å². The zero-order valence-corrected chi connectivity index (χ0v) is 42.5. The molecule has 0 aromatic heterocycles. The third-order valence-electron chi connectivity index (χ3n) is 13.9. The monoisotopic (exact) mass is 939 g/mol. The van der Waals surface area contributed by atoms with Crippen molar-refractivity contribution in [1.82, 2.24) is 9.91 Å². The van der Waals surface area contributed by atoms with Crippen LogP contribution in [-0.4, -0.2) is 112 Å². The first-order valence-electron chi connectivity index (χ1n) is 24.7. The van der Waals surface area contributed by atoms with Gasteiger partial charge in [-0.05, 0) is 109 Å². The summed E-state index contributed by atoms with van der Waals surface area (Å²) in [7, 11) is 4.97. The van der Waals surface area contributed by atoms with Crippen molar-refractivity contribution in [3.63, 3.8) is 0 Å². The number of rotatable bonds is 31. The minimum Gasteiger partial charge on any atom is -0.480 e. The Balaban J connectivity index is 1.73. The third-order valence-corrected chi connectivity index (χ3v) is 13.9. The van der Waals surface area contributed by atoms with Gasteiger partial charge in [0.1, 0.15) is 17.9 Å². The number of unbranched alkanes of at least 4 members (excludes halogenated alkanes) is 2. The molecule has 0 radical (unpaired) electrons. The van der Waals surface area contributed by atoms with Crippen molar-refractivity contribution in [2.75, 3.05) is 27.8 Å². The fourth-order valence-electron chi connectivity index (χ4n) is 9.66. The molecule has 2 rings (SSSR count). The number of methoxy groups -OCH3 is 2. The molecule has 1 saturated heterocycles. The second kappa shape index (κ2) is 30.4. The van der Waals surface area contributed by atoms with E-state index in [4.69, 9.17) is 9.47 Å². The van der Waals surface area contributed by atoms with Gasteiger partial charge in [0.25, 0.3) is 11.7 Å². The van der Waals surface area contributed by atoms with Gasteiger partial charge in [0, 0.05) is 57.6 Å². The lowest BCUT2D eigenvalue weighted by atomic mass is 9.78. The number of ether oxygens (including phenoxy) is 2. The average molecular weight is 939 g/mol. The van der Waals surface area contributed by atoms with Crippen molar-refractivity contribution in [3.05, 3.63) is 60.4 Å². The van der Waals surface area contributed by atoms with Crippen LogP contribution in [0.3, 0.4) is 0 Å². The van der Waals surface area contributed by atoms with Gasteiger partial charge in [0.2, 0.25) is 5.79 Å². The number of ketones is 3. The number of carbonyl (C=O) groups excluding carboxylic acids is 4. The molecule has 1 aliphatic heterocycles. The zero-order chi connectivity index (χ0) is 50.3. The van der Waals surface area contributed by atoms with Gasteiger partial charge in [-0.2, -0.15) is 5.11 Å². The number of carbonyl (C=O) groups is 5. The largest absolute Gasteiger partial charge is 0.480 e. The molecule has 0 aromatic rings. The van der Waals surface area contributed by atoms with Crippen LogP contribution in [0.2, 0.25) is 0 Å². The lowest BCUT2D eigenvalue weighted by molar-refractivity contribution is -0.205. The summed E-state index contributed by atoms with van der Waals surface area (Å²) in [5.41, 5.74) is 2.15. The lowest BCUT2D eigenvalue weighted by Crippen LogP contribution is -2.57. The SMILES string of the molecule is C=CN(N=NC)C1CCC(C[C@@H](C)CCC(=O)[C@H](C)/C=C(\C)CC(OC)C(=O)C(C)C[C@H](C)/C=C/C=C/C=C(\C)CCCCCC(C)C(O)(O)C(=O)C(=O)N2CCCC[C@H]2C(=O)O)CC1OC. The molecule has 1 aliphatic carbocycles. The number of piperidine rings is 1. The summed E-state index contributed by atoms with van der Waals surface area (Å²) in [6.45, 7) is 17.7. The van der Waals surface area contributed by atoms with E-state index in [0.29, 0.717) is 56.8 Å². The molecule has 6 unspecified atom stereocenters. The lowest BCUT2D eigenvalue weighted by Gasteiger charge is -2.39. The van der Waals surface area contributed by atoms with Crippen LogP contribution in [0.1, 0.15) is 151 Å². The van der Waals surface area contributed by atoms with Crippen molar-refractivity contribution >= 4 is 29.2 Å². The third kappa shape index (κ3) is 19.8. The predicted molar refractivity (Wildman–Crippen MR) is 263 cm³/mol. The molecule has 14 heteroatoms. The number of hydrogen-bond acceptors (Lipinski definition) is 11. The molecule has 2 aliphatic rings. The average Bonchev–Trinajstić information content (AvgIpc) is 3.30. The van der Waals surface area contributed by atoms with Crippen LogP contribution >= 0.6 is 0 Å². The molecule has 1 saturated carbocycles. The number of allylic oxidation sites excluding steroid dienone is 7. The zero-order valence-electron chi connectivity index (χ0n) is 42.5. The predicted octanol–water partition coefficient (Wildman–Crippen LogP) is 9.57. The summed E-state index contributed by atoms with van der Waals surface area (Å²) >= 11 is 0. The van der Waals surface area contributed by atoms with Gasteiger partial charge in [0.15, 0.2) is 5.78 Å². The molecule has 3 N–H and O–H groups in total. The molecule has 378 valence electrons. The Kier molecular flexibility index (Phi) is 26.8. The smallest absolute Gasteiger partial charge is 0.326 e. The van der Waals surface area contributed by atoms with E-state index in [2.05, 4.69) is 36.8 Å². The minimum atomic E-state index is -2.86. The van der Waals surface area contributed by atoms with Gasteiger partial charge in [-0.25, -0.2) is 9.80 Å². The molecule has 2 fully saturated rings. The quantitative estimate of drug-likeness (QED) is 0.0114. The Hall–Kier alpha value is -4.11. The maximum absolute atomic E-state index is 13.5. The van der Waals surface area contributed by atoms with E-state index >= 15 is 0 Å². The number of nitrogens with zero attached hydrogens (tertiary/aromatic N) is 4. The maximum Gasteiger partial charge on any atom is 0.326 e. The van der Waals surface area contributed by atoms with Crippen LogP contribution in [0.15, 0.2) is 70.7 Å². The van der Waals surface area contributed by atoms with Crippen molar-refractivity contribution in [3.8, 4) is 0 Å². The van der Waals surface area contributed by atoms with Gasteiger partial charge < -0.3 is 29.7 Å². The molecule has 0 aromatic carbocycles. The van der Waals surface area contributed by atoms with E-state index in [9.17, 15) is 39.3 Å². The first-order chi connectivity index (χ1) is 31.7. The summed E-state index contributed by atoms with van der Waals surface area (Å²) in [6, 6.07) is -1.01. The van der Waals surface area contributed by atoms with Crippen LogP contribution in [0.25, 0.3) is 0 Å². The van der Waals surface area contributed by atoms with Crippen molar-refractivity contribution in [2.24, 2.45) is 45.8 Å². The molecule has 0 bridgehead atoms.